The lowest BCUT2D eigenvalue weighted by molar-refractivity contribution is -0.146. The number of hydrogen-bond donors (Lipinski definition) is 0. The normalized spacial score (nSPS) is 31.6. The quantitative estimate of drug-likeness (QED) is 0.436. The summed E-state index contributed by atoms with van der Waals surface area (Å²) >= 11 is 0. The standard InChI is InChI=1S/C10H12O2/c1-7(11)12-10-6-5-8-3-2-4-9(8)10/h2,4-5,9-10H,3,6H2,1H3/t9?,10-/m1/s1. The Morgan fingerprint density at radius 3 is 3.25 bits per heavy atom. The Hall–Kier alpha value is -1.05. The second-order valence-corrected chi connectivity index (χ2v) is 3.32. The monoisotopic (exact) mass is 164 g/mol. The summed E-state index contributed by atoms with van der Waals surface area (Å²) in [5.41, 5.74) is 1.42. The first-order valence-electron chi connectivity index (χ1n) is 4.30. The van der Waals surface area contributed by atoms with Crippen LogP contribution in [0.15, 0.2) is 23.8 Å². The van der Waals surface area contributed by atoms with E-state index in [9.17, 15) is 4.79 Å². The molecule has 0 aromatic rings. The van der Waals surface area contributed by atoms with E-state index in [2.05, 4.69) is 18.2 Å². The molecule has 0 saturated carbocycles. The fourth-order valence-corrected chi connectivity index (χ4v) is 1.94. The smallest absolute Gasteiger partial charge is 0.302 e. The molecule has 2 aliphatic carbocycles. The lowest BCUT2D eigenvalue weighted by Gasteiger charge is -2.16. The van der Waals surface area contributed by atoms with Gasteiger partial charge in [-0.2, -0.15) is 0 Å². The van der Waals surface area contributed by atoms with Gasteiger partial charge in [0.25, 0.3) is 0 Å². The Kier molecular flexibility index (Phi) is 1.75. The molecule has 2 atom stereocenters. The van der Waals surface area contributed by atoms with Crippen LogP contribution in [0.25, 0.3) is 0 Å². The second kappa shape index (κ2) is 2.77. The van der Waals surface area contributed by atoms with Crippen LogP contribution in [-0.2, 0) is 9.53 Å². The highest BCUT2D eigenvalue weighted by Crippen LogP contribution is 2.36. The van der Waals surface area contributed by atoms with Gasteiger partial charge in [0.15, 0.2) is 0 Å². The third-order valence-corrected chi connectivity index (χ3v) is 2.46. The third kappa shape index (κ3) is 1.17. The summed E-state index contributed by atoms with van der Waals surface area (Å²) in [6.45, 7) is 1.47. The molecule has 2 heteroatoms. The Morgan fingerprint density at radius 2 is 2.50 bits per heavy atom. The number of ether oxygens (including phenoxy) is 1. The molecule has 2 nitrogen and oxygen atoms in total. The summed E-state index contributed by atoms with van der Waals surface area (Å²) in [6, 6.07) is 0. The molecule has 1 unspecified atom stereocenters. The van der Waals surface area contributed by atoms with E-state index >= 15 is 0 Å². The number of hydrogen-bond acceptors (Lipinski definition) is 2. The summed E-state index contributed by atoms with van der Waals surface area (Å²) < 4.78 is 5.18. The molecule has 0 amide bonds. The van der Waals surface area contributed by atoms with Crippen molar-refractivity contribution < 1.29 is 9.53 Å². The van der Waals surface area contributed by atoms with Gasteiger partial charge in [-0.3, -0.25) is 4.79 Å². The zero-order valence-corrected chi connectivity index (χ0v) is 7.12. The van der Waals surface area contributed by atoms with Crippen LogP contribution in [0.5, 0.6) is 0 Å². The van der Waals surface area contributed by atoms with Crippen LogP contribution in [0.1, 0.15) is 19.8 Å². The van der Waals surface area contributed by atoms with Crippen molar-refractivity contribution in [3.05, 3.63) is 23.8 Å². The van der Waals surface area contributed by atoms with E-state index < -0.39 is 0 Å². The molecule has 12 heavy (non-hydrogen) atoms. The van der Waals surface area contributed by atoms with E-state index in [0.29, 0.717) is 5.92 Å². The number of esters is 1. The Labute approximate surface area is 71.9 Å². The zero-order chi connectivity index (χ0) is 8.55. The van der Waals surface area contributed by atoms with Crippen LogP contribution in [0.4, 0.5) is 0 Å². The fourth-order valence-electron chi connectivity index (χ4n) is 1.94. The second-order valence-electron chi connectivity index (χ2n) is 3.32. The molecule has 0 saturated heterocycles. The van der Waals surface area contributed by atoms with E-state index in [4.69, 9.17) is 4.74 Å². The zero-order valence-electron chi connectivity index (χ0n) is 7.12. The van der Waals surface area contributed by atoms with Crippen molar-refractivity contribution >= 4 is 5.97 Å². The first kappa shape index (κ1) is 7.59. The van der Waals surface area contributed by atoms with Gasteiger partial charge in [-0.15, -0.1) is 0 Å². The minimum atomic E-state index is -0.171. The first-order valence-corrected chi connectivity index (χ1v) is 4.30. The summed E-state index contributed by atoms with van der Waals surface area (Å²) in [4.78, 5) is 10.7. The summed E-state index contributed by atoms with van der Waals surface area (Å²) in [7, 11) is 0. The van der Waals surface area contributed by atoms with Gasteiger partial charge in [0, 0.05) is 19.3 Å². The summed E-state index contributed by atoms with van der Waals surface area (Å²) in [6.07, 6.45) is 8.50. The van der Waals surface area contributed by atoms with Crippen molar-refractivity contribution in [1.82, 2.24) is 0 Å². The van der Waals surface area contributed by atoms with Gasteiger partial charge in [0.1, 0.15) is 6.10 Å². The lowest BCUT2D eigenvalue weighted by Crippen LogP contribution is -2.20. The molecule has 0 aromatic heterocycles. The highest BCUT2D eigenvalue weighted by atomic mass is 16.5. The van der Waals surface area contributed by atoms with Gasteiger partial charge < -0.3 is 4.74 Å². The molecular formula is C10H12O2. The van der Waals surface area contributed by atoms with Gasteiger partial charge in [0.05, 0.1) is 0 Å². The maximum absolute atomic E-state index is 10.7. The predicted octanol–water partition coefficient (Wildman–Crippen LogP) is 1.82. The van der Waals surface area contributed by atoms with Gasteiger partial charge in [-0.05, 0) is 6.42 Å². The average molecular weight is 164 g/mol. The largest absolute Gasteiger partial charge is 0.461 e. The maximum atomic E-state index is 10.7. The molecule has 2 aliphatic rings. The van der Waals surface area contributed by atoms with Gasteiger partial charge in [0.2, 0.25) is 0 Å². The van der Waals surface area contributed by atoms with Crippen molar-refractivity contribution in [2.24, 2.45) is 5.92 Å². The Balaban J connectivity index is 2.03. The van der Waals surface area contributed by atoms with Crippen molar-refractivity contribution in [2.75, 3.05) is 0 Å². The molecule has 0 aliphatic heterocycles. The molecule has 0 bridgehead atoms. The molecule has 64 valence electrons. The van der Waals surface area contributed by atoms with Crippen LogP contribution in [-0.4, -0.2) is 12.1 Å². The van der Waals surface area contributed by atoms with Gasteiger partial charge in [-0.25, -0.2) is 0 Å². The Bertz CT molecular complexity index is 263. The van der Waals surface area contributed by atoms with Crippen LogP contribution in [0.2, 0.25) is 0 Å². The van der Waals surface area contributed by atoms with E-state index in [1.807, 2.05) is 0 Å². The maximum Gasteiger partial charge on any atom is 0.302 e. The predicted molar refractivity (Wildman–Crippen MR) is 45.5 cm³/mol. The summed E-state index contributed by atoms with van der Waals surface area (Å²) in [5, 5.41) is 0. The topological polar surface area (TPSA) is 26.3 Å². The average Bonchev–Trinajstić information content (AvgIpc) is 2.52. The van der Waals surface area contributed by atoms with Crippen molar-refractivity contribution in [1.29, 1.82) is 0 Å². The van der Waals surface area contributed by atoms with Gasteiger partial charge in [-0.1, -0.05) is 23.8 Å². The SMILES string of the molecule is CC(=O)O[C@@H]1CC=C2CC=CC21. The van der Waals surface area contributed by atoms with Crippen LogP contribution in [0, 0.1) is 5.92 Å². The van der Waals surface area contributed by atoms with Crippen LogP contribution in [0.3, 0.4) is 0 Å². The number of allylic oxidation sites excluding steroid dienone is 1. The number of carbonyl (C=O) groups is 1. The van der Waals surface area contributed by atoms with E-state index in [1.165, 1.54) is 12.5 Å². The van der Waals surface area contributed by atoms with Gasteiger partial charge >= 0.3 is 5.97 Å². The van der Waals surface area contributed by atoms with Crippen LogP contribution >= 0.6 is 0 Å². The number of carbonyl (C=O) groups excluding carboxylic acids is 1. The molecule has 0 heterocycles. The highest BCUT2D eigenvalue weighted by Gasteiger charge is 2.31. The van der Waals surface area contributed by atoms with E-state index in [1.54, 1.807) is 0 Å². The molecule has 0 spiro atoms. The minimum absolute atomic E-state index is 0.0799. The Morgan fingerprint density at radius 1 is 1.67 bits per heavy atom. The number of fused-ring (bicyclic) bond motifs is 1. The molecule has 0 radical (unpaired) electrons. The molecule has 0 fully saturated rings. The minimum Gasteiger partial charge on any atom is -0.461 e. The van der Waals surface area contributed by atoms with Crippen molar-refractivity contribution in [3.8, 4) is 0 Å². The van der Waals surface area contributed by atoms with Crippen molar-refractivity contribution in [2.45, 2.75) is 25.9 Å². The molecule has 0 N–H and O–H groups in total. The fraction of sp³-hybridized carbons (Fsp3) is 0.500. The third-order valence-electron chi connectivity index (χ3n) is 2.46. The van der Waals surface area contributed by atoms with E-state index in [0.717, 1.165) is 12.8 Å². The highest BCUT2D eigenvalue weighted by molar-refractivity contribution is 5.66. The van der Waals surface area contributed by atoms with Crippen LogP contribution < -0.4 is 0 Å². The van der Waals surface area contributed by atoms with Crippen molar-refractivity contribution in [3.63, 3.8) is 0 Å². The lowest BCUT2D eigenvalue weighted by atomic mass is 10.0. The first-order chi connectivity index (χ1) is 5.77. The number of rotatable bonds is 1. The van der Waals surface area contributed by atoms with E-state index in [-0.39, 0.29) is 12.1 Å². The molecule has 2 rings (SSSR count). The molecular weight excluding hydrogens is 152 g/mol. The summed E-state index contributed by atoms with van der Waals surface area (Å²) in [5.74, 6) is 0.212. The molecule has 0 aromatic carbocycles.